The summed E-state index contributed by atoms with van der Waals surface area (Å²) in [5, 5.41) is 6.65. The van der Waals surface area contributed by atoms with E-state index in [2.05, 4.69) is 69.1 Å². The lowest BCUT2D eigenvalue weighted by Gasteiger charge is -2.19. The molecule has 0 spiro atoms. The van der Waals surface area contributed by atoms with Crippen molar-refractivity contribution in [3.8, 4) is 0 Å². The summed E-state index contributed by atoms with van der Waals surface area (Å²) in [6.45, 7) is 3.72. The minimum absolute atomic E-state index is 0. The molecule has 2 bridgehead atoms. The van der Waals surface area contributed by atoms with Crippen molar-refractivity contribution in [3.63, 3.8) is 0 Å². The van der Waals surface area contributed by atoms with E-state index < -0.39 is 0 Å². The first-order valence-electron chi connectivity index (χ1n) is 11.6. The zero-order valence-electron chi connectivity index (χ0n) is 18.9. The minimum Gasteiger partial charge on any atom is -0.364 e. The summed E-state index contributed by atoms with van der Waals surface area (Å²) in [6, 6.07) is 8.54. The molecule has 1 aromatic carbocycles. The molecular formula is C25H32IN5O2. The Morgan fingerprint density at radius 2 is 1.76 bits per heavy atom. The Morgan fingerprint density at radius 3 is 2.42 bits per heavy atom. The quantitative estimate of drug-likeness (QED) is 0.134. The van der Waals surface area contributed by atoms with Gasteiger partial charge in [-0.1, -0.05) is 36.4 Å². The van der Waals surface area contributed by atoms with Crippen LogP contribution in [0, 0.1) is 23.7 Å². The molecule has 2 fully saturated rings. The number of aliphatic imine (C=N–C) groups is 1. The fraction of sp³-hybridized carbons (Fsp3) is 0.480. The van der Waals surface area contributed by atoms with Crippen molar-refractivity contribution < 1.29 is 9.59 Å². The van der Waals surface area contributed by atoms with E-state index in [1.54, 1.807) is 7.05 Å². The van der Waals surface area contributed by atoms with E-state index in [1.807, 2.05) is 0 Å². The van der Waals surface area contributed by atoms with Gasteiger partial charge in [0.1, 0.15) is 0 Å². The molecule has 4 atom stereocenters. The number of nitrogens with one attached hydrogen (secondary N) is 2. The maximum atomic E-state index is 12.8. The average molecular weight is 561 g/mol. The van der Waals surface area contributed by atoms with Crippen LogP contribution < -0.4 is 15.5 Å². The number of fused-ring (bicyclic) bond motifs is 5. The fourth-order valence-corrected chi connectivity index (χ4v) is 5.59. The predicted octanol–water partition coefficient (Wildman–Crippen LogP) is 2.54. The number of rotatable bonds is 7. The smallest absolute Gasteiger partial charge is 0.233 e. The van der Waals surface area contributed by atoms with Gasteiger partial charge in [0.25, 0.3) is 0 Å². The maximum Gasteiger partial charge on any atom is 0.233 e. The number of carbonyl (C=O) groups excluding carboxylic acids is 2. The highest BCUT2D eigenvalue weighted by Crippen LogP contribution is 2.52. The highest BCUT2D eigenvalue weighted by Gasteiger charge is 2.58. The number of guanidine groups is 1. The van der Waals surface area contributed by atoms with E-state index in [0.29, 0.717) is 26.1 Å². The van der Waals surface area contributed by atoms with E-state index in [9.17, 15) is 9.59 Å². The highest BCUT2D eigenvalue weighted by molar-refractivity contribution is 14.0. The monoisotopic (exact) mass is 561 g/mol. The van der Waals surface area contributed by atoms with Crippen molar-refractivity contribution >= 4 is 47.4 Å². The first-order valence-corrected chi connectivity index (χ1v) is 11.6. The number of allylic oxidation sites excluding steroid dienone is 2. The number of hydrogen-bond donors (Lipinski definition) is 2. The second-order valence-electron chi connectivity index (χ2n) is 9.08. The topological polar surface area (TPSA) is 77.0 Å². The SMILES string of the molecule is CN=C(NCCCN1C(=O)C2C3C=CC(C3)C2C1=O)NCc1cccc(N2CC=CC2)c1.I. The summed E-state index contributed by atoms with van der Waals surface area (Å²) >= 11 is 0. The molecule has 33 heavy (non-hydrogen) atoms. The van der Waals surface area contributed by atoms with Crippen LogP contribution in [0.5, 0.6) is 0 Å². The number of nitrogens with zero attached hydrogens (tertiary/aromatic N) is 3. The third-order valence-electron chi connectivity index (χ3n) is 7.19. The second-order valence-corrected chi connectivity index (χ2v) is 9.08. The first kappa shape index (κ1) is 23.8. The van der Waals surface area contributed by atoms with Gasteiger partial charge < -0.3 is 15.5 Å². The lowest BCUT2D eigenvalue weighted by atomic mass is 9.85. The van der Waals surface area contributed by atoms with Crippen LogP contribution in [0.1, 0.15) is 18.4 Å². The van der Waals surface area contributed by atoms with Gasteiger partial charge >= 0.3 is 0 Å². The van der Waals surface area contributed by atoms with Crippen LogP contribution in [0.3, 0.4) is 0 Å². The number of carbonyl (C=O) groups is 2. The second kappa shape index (κ2) is 10.3. The summed E-state index contributed by atoms with van der Waals surface area (Å²) in [6.07, 6.45) is 10.3. The molecule has 4 aliphatic rings. The molecule has 1 aromatic rings. The number of halogens is 1. The van der Waals surface area contributed by atoms with Crippen LogP contribution in [0.2, 0.25) is 0 Å². The summed E-state index contributed by atoms with van der Waals surface area (Å²) < 4.78 is 0. The molecule has 5 rings (SSSR count). The average Bonchev–Trinajstić information content (AvgIpc) is 3.60. The standard InChI is InChI=1S/C25H31N5O2.HI/c1-26-25(28-16-17-6-4-7-20(14-17)29-11-2-3-12-29)27-10-5-13-30-23(31)21-18-8-9-19(15-18)22(21)24(30)32;/h2-4,6-9,14,18-19,21-22H,5,10-13,15-16H2,1H3,(H2,26,27,28);1H. The maximum absolute atomic E-state index is 12.8. The molecule has 2 aliphatic heterocycles. The van der Waals surface area contributed by atoms with Crippen molar-refractivity contribution in [1.82, 2.24) is 15.5 Å². The third-order valence-corrected chi connectivity index (χ3v) is 7.19. The van der Waals surface area contributed by atoms with Gasteiger partial charge in [-0.3, -0.25) is 19.5 Å². The van der Waals surface area contributed by atoms with Gasteiger partial charge in [0.15, 0.2) is 5.96 Å². The fourth-order valence-electron chi connectivity index (χ4n) is 5.59. The lowest BCUT2D eigenvalue weighted by molar-refractivity contribution is -0.140. The summed E-state index contributed by atoms with van der Waals surface area (Å²) in [7, 11) is 1.75. The van der Waals surface area contributed by atoms with Crippen LogP contribution in [0.15, 0.2) is 53.6 Å². The van der Waals surface area contributed by atoms with Gasteiger partial charge in [-0.25, -0.2) is 0 Å². The molecule has 8 heteroatoms. The number of hydrogen-bond acceptors (Lipinski definition) is 4. The molecule has 7 nitrogen and oxygen atoms in total. The van der Waals surface area contributed by atoms with Gasteiger partial charge in [0.2, 0.25) is 11.8 Å². The predicted molar refractivity (Wildman–Crippen MR) is 140 cm³/mol. The van der Waals surface area contributed by atoms with Gasteiger partial charge in [-0.15, -0.1) is 24.0 Å². The molecule has 4 unspecified atom stereocenters. The van der Waals surface area contributed by atoms with E-state index in [4.69, 9.17) is 0 Å². The Hall–Kier alpha value is -2.36. The van der Waals surface area contributed by atoms with E-state index in [-0.39, 0.29) is 59.5 Å². The Morgan fingerprint density at radius 1 is 1.06 bits per heavy atom. The Balaban J connectivity index is 0.00000259. The zero-order valence-corrected chi connectivity index (χ0v) is 21.3. The van der Waals surface area contributed by atoms with Crippen LogP contribution in [0.4, 0.5) is 5.69 Å². The van der Waals surface area contributed by atoms with Gasteiger partial charge in [0.05, 0.1) is 11.8 Å². The highest BCUT2D eigenvalue weighted by atomic mass is 127. The van der Waals surface area contributed by atoms with E-state index >= 15 is 0 Å². The van der Waals surface area contributed by atoms with E-state index in [0.717, 1.165) is 25.5 Å². The molecule has 1 saturated heterocycles. The Bertz CT molecular complexity index is 953. The van der Waals surface area contributed by atoms with Gasteiger partial charge in [-0.2, -0.15) is 0 Å². The first-order chi connectivity index (χ1) is 15.7. The summed E-state index contributed by atoms with van der Waals surface area (Å²) in [5.74, 6) is 1.12. The van der Waals surface area contributed by atoms with Crippen LogP contribution in [-0.2, 0) is 16.1 Å². The molecule has 2 N–H and O–H groups in total. The normalized spacial score (nSPS) is 27.4. The zero-order chi connectivity index (χ0) is 22.1. The van der Waals surface area contributed by atoms with Crippen molar-refractivity contribution in [2.45, 2.75) is 19.4 Å². The van der Waals surface area contributed by atoms with Crippen molar-refractivity contribution in [1.29, 1.82) is 0 Å². The number of benzene rings is 1. The molecule has 176 valence electrons. The molecular weight excluding hydrogens is 529 g/mol. The summed E-state index contributed by atoms with van der Waals surface area (Å²) in [4.78, 5) is 33.6. The molecule has 1 saturated carbocycles. The number of amides is 2. The number of imide groups is 1. The summed E-state index contributed by atoms with van der Waals surface area (Å²) in [5.41, 5.74) is 2.42. The molecule has 2 heterocycles. The molecule has 2 amide bonds. The van der Waals surface area contributed by atoms with Crippen molar-refractivity contribution in [3.05, 3.63) is 54.1 Å². The molecule has 0 radical (unpaired) electrons. The van der Waals surface area contributed by atoms with Gasteiger partial charge in [-0.05, 0) is 42.4 Å². The molecule has 0 aromatic heterocycles. The van der Waals surface area contributed by atoms with Crippen LogP contribution in [-0.4, -0.2) is 55.9 Å². The largest absolute Gasteiger partial charge is 0.364 e. The van der Waals surface area contributed by atoms with Crippen molar-refractivity contribution in [2.24, 2.45) is 28.7 Å². The minimum atomic E-state index is -0.105. The Kier molecular flexibility index (Phi) is 7.41. The van der Waals surface area contributed by atoms with E-state index in [1.165, 1.54) is 16.2 Å². The number of anilines is 1. The molecule has 2 aliphatic carbocycles. The van der Waals surface area contributed by atoms with Gasteiger partial charge in [0, 0.05) is 45.5 Å². The third kappa shape index (κ3) is 4.67. The van der Waals surface area contributed by atoms with Crippen molar-refractivity contribution in [2.75, 3.05) is 38.1 Å². The number of likely N-dealkylation sites (tertiary alicyclic amines) is 1. The Labute approximate surface area is 212 Å². The van der Waals surface area contributed by atoms with Crippen LogP contribution in [0.25, 0.3) is 0 Å². The lowest BCUT2D eigenvalue weighted by Crippen LogP contribution is -2.39. The van der Waals surface area contributed by atoms with Crippen LogP contribution >= 0.6 is 24.0 Å².